The van der Waals surface area contributed by atoms with Crippen LogP contribution in [0.15, 0.2) is 30.5 Å². The number of alkyl halides is 3. The fraction of sp³-hybridized carbons (Fsp3) is 0.520. The summed E-state index contributed by atoms with van der Waals surface area (Å²) in [6.45, 7) is 6.38. The maximum Gasteiger partial charge on any atom is 0.408 e. The van der Waals surface area contributed by atoms with Crippen molar-refractivity contribution < 1.29 is 37.0 Å². The lowest BCUT2D eigenvalue weighted by Gasteiger charge is -2.35. The maximum absolute atomic E-state index is 13.4. The van der Waals surface area contributed by atoms with Gasteiger partial charge in [-0.3, -0.25) is 15.0 Å². The minimum absolute atomic E-state index is 0.196. The molecule has 0 aliphatic carbocycles. The molecular weight excluding hydrogens is 521 g/mol. The predicted octanol–water partition coefficient (Wildman–Crippen LogP) is 3.32. The van der Waals surface area contributed by atoms with E-state index in [-0.39, 0.29) is 36.1 Å². The van der Waals surface area contributed by atoms with Gasteiger partial charge in [0, 0.05) is 25.4 Å². The van der Waals surface area contributed by atoms with Crippen molar-refractivity contribution in [3.63, 3.8) is 0 Å². The van der Waals surface area contributed by atoms with Crippen LogP contribution < -0.4 is 25.2 Å². The van der Waals surface area contributed by atoms with Crippen molar-refractivity contribution in [1.29, 1.82) is 0 Å². The van der Waals surface area contributed by atoms with E-state index in [0.29, 0.717) is 37.6 Å². The molecular formula is C25H29F3N6O5. The van der Waals surface area contributed by atoms with E-state index in [9.17, 15) is 22.8 Å². The summed E-state index contributed by atoms with van der Waals surface area (Å²) in [5.41, 5.74) is 0.394. The summed E-state index contributed by atoms with van der Waals surface area (Å²) in [4.78, 5) is 37.9. The Morgan fingerprint density at radius 2 is 2.08 bits per heavy atom. The molecule has 14 heteroatoms. The fourth-order valence-corrected chi connectivity index (χ4v) is 4.72. The van der Waals surface area contributed by atoms with Crippen molar-refractivity contribution in [2.24, 2.45) is 0 Å². The number of aromatic nitrogens is 2. The number of ether oxygens (including phenoxy) is 3. The van der Waals surface area contributed by atoms with E-state index in [1.54, 1.807) is 18.2 Å². The summed E-state index contributed by atoms with van der Waals surface area (Å²) in [6, 6.07) is 3.35. The van der Waals surface area contributed by atoms with Gasteiger partial charge in [0.25, 0.3) is 5.91 Å². The highest BCUT2D eigenvalue weighted by atomic mass is 19.4. The second kappa shape index (κ2) is 10.2. The Bertz CT molecular complexity index is 1260. The average molecular weight is 551 g/mol. The van der Waals surface area contributed by atoms with Crippen LogP contribution in [0.1, 0.15) is 37.7 Å². The third-order valence-corrected chi connectivity index (χ3v) is 6.71. The van der Waals surface area contributed by atoms with Crippen LogP contribution in [0.3, 0.4) is 0 Å². The summed E-state index contributed by atoms with van der Waals surface area (Å²) in [5, 5.41) is 4.66. The zero-order valence-corrected chi connectivity index (χ0v) is 21.6. The van der Waals surface area contributed by atoms with E-state index in [1.807, 2.05) is 24.1 Å². The molecule has 5 heterocycles. The van der Waals surface area contributed by atoms with E-state index < -0.39 is 29.9 Å². The standard InChI is InChI=1S/C25H29F3N6O5/c1-14(25(26,27)28)30-22(35)18-4-5-19-21(31-18)34(15-7-9-33(19)11-15)23(36)32-20-10-16(6-8-29-20)37-12-17-13-38-24(2,3)39-17/h4-6,8,10,14-15,17H,7,9,11-13H2,1-3H3,(H,30,35)(H,29,32,36)/t14?,15-,17?/m0/s1. The molecule has 39 heavy (non-hydrogen) atoms. The highest BCUT2D eigenvalue weighted by Gasteiger charge is 2.41. The number of halogens is 3. The van der Waals surface area contributed by atoms with E-state index in [4.69, 9.17) is 14.2 Å². The van der Waals surface area contributed by atoms with Gasteiger partial charge < -0.3 is 24.4 Å². The van der Waals surface area contributed by atoms with E-state index in [0.717, 1.165) is 6.92 Å². The topological polar surface area (TPSA) is 118 Å². The smallest absolute Gasteiger partial charge is 0.408 e. The van der Waals surface area contributed by atoms with Gasteiger partial charge in [0.1, 0.15) is 36.0 Å². The molecule has 5 rings (SSSR count). The fourth-order valence-electron chi connectivity index (χ4n) is 4.72. The molecule has 210 valence electrons. The molecule has 3 aliphatic rings. The maximum atomic E-state index is 13.4. The number of urea groups is 1. The predicted molar refractivity (Wildman–Crippen MR) is 134 cm³/mol. The van der Waals surface area contributed by atoms with Crippen LogP contribution in [0, 0.1) is 0 Å². The summed E-state index contributed by atoms with van der Waals surface area (Å²) in [7, 11) is 0. The molecule has 2 bridgehead atoms. The molecule has 3 atom stereocenters. The highest BCUT2D eigenvalue weighted by Crippen LogP contribution is 2.39. The number of carbonyl (C=O) groups excluding carboxylic acids is 2. The zero-order valence-electron chi connectivity index (χ0n) is 21.6. The average Bonchev–Trinajstić information content (AvgIpc) is 3.45. The van der Waals surface area contributed by atoms with Gasteiger partial charge in [0.2, 0.25) is 0 Å². The van der Waals surface area contributed by atoms with Crippen molar-refractivity contribution in [2.75, 3.05) is 41.4 Å². The number of fused-ring (bicyclic) bond motifs is 4. The van der Waals surface area contributed by atoms with Crippen LogP contribution in [0.4, 0.5) is 35.3 Å². The van der Waals surface area contributed by atoms with Crippen LogP contribution in [0.2, 0.25) is 0 Å². The summed E-state index contributed by atoms with van der Waals surface area (Å²) in [6.07, 6.45) is -2.68. The first-order valence-electron chi connectivity index (χ1n) is 12.5. The summed E-state index contributed by atoms with van der Waals surface area (Å²) >= 11 is 0. The number of nitrogens with one attached hydrogen (secondary N) is 2. The molecule has 0 radical (unpaired) electrons. The van der Waals surface area contributed by atoms with Crippen LogP contribution in [-0.4, -0.2) is 78.4 Å². The Labute approximate surface area is 222 Å². The van der Waals surface area contributed by atoms with Crippen LogP contribution in [0.5, 0.6) is 5.75 Å². The van der Waals surface area contributed by atoms with Gasteiger partial charge in [-0.15, -0.1) is 0 Å². The number of pyridine rings is 2. The van der Waals surface area contributed by atoms with Crippen molar-refractivity contribution in [2.45, 2.75) is 57.3 Å². The molecule has 3 amide bonds. The zero-order chi connectivity index (χ0) is 27.9. The third-order valence-electron chi connectivity index (χ3n) is 6.71. The molecule has 2 fully saturated rings. The summed E-state index contributed by atoms with van der Waals surface area (Å²) in [5.74, 6) is -0.756. The molecule has 0 spiro atoms. The number of rotatable bonds is 6. The van der Waals surface area contributed by atoms with E-state index in [1.165, 1.54) is 17.2 Å². The number of hydrogen-bond donors (Lipinski definition) is 2. The molecule has 2 saturated heterocycles. The van der Waals surface area contributed by atoms with Gasteiger partial charge in [-0.25, -0.2) is 14.8 Å². The Morgan fingerprint density at radius 3 is 2.79 bits per heavy atom. The number of hydrogen-bond acceptors (Lipinski definition) is 8. The second-order valence-corrected chi connectivity index (χ2v) is 10.1. The molecule has 3 aliphatic heterocycles. The van der Waals surface area contributed by atoms with Crippen molar-refractivity contribution in [1.82, 2.24) is 15.3 Å². The number of anilines is 3. The number of nitrogens with zero attached hydrogens (tertiary/aromatic N) is 4. The van der Waals surface area contributed by atoms with Crippen molar-refractivity contribution in [3.05, 3.63) is 36.2 Å². The van der Waals surface area contributed by atoms with Gasteiger partial charge >= 0.3 is 12.2 Å². The lowest BCUT2D eigenvalue weighted by Crippen LogP contribution is -2.49. The highest BCUT2D eigenvalue weighted by molar-refractivity contribution is 6.05. The Hall–Kier alpha value is -3.65. The van der Waals surface area contributed by atoms with E-state index in [2.05, 4.69) is 15.3 Å². The lowest BCUT2D eigenvalue weighted by atomic mass is 10.1. The Kier molecular flexibility index (Phi) is 7.01. The van der Waals surface area contributed by atoms with Crippen LogP contribution in [0.25, 0.3) is 0 Å². The van der Waals surface area contributed by atoms with Crippen molar-refractivity contribution in [3.8, 4) is 5.75 Å². The van der Waals surface area contributed by atoms with Gasteiger partial charge in [-0.1, -0.05) is 0 Å². The minimum atomic E-state index is -4.60. The molecule has 0 aromatic carbocycles. The van der Waals surface area contributed by atoms with E-state index >= 15 is 0 Å². The lowest BCUT2D eigenvalue weighted by molar-refractivity contribution is -0.149. The molecule has 2 aromatic heterocycles. The molecule has 2 N–H and O–H groups in total. The SMILES string of the molecule is CC(NC(=O)c1ccc2c(n1)N(C(=O)Nc1cc(OCC3COC(C)(C)O3)ccn1)[C@H]1CCN2C1)C(F)(F)F. The van der Waals surface area contributed by atoms with Crippen molar-refractivity contribution >= 4 is 29.3 Å². The monoisotopic (exact) mass is 550 g/mol. The first-order valence-corrected chi connectivity index (χ1v) is 12.5. The largest absolute Gasteiger partial charge is 0.491 e. The Balaban J connectivity index is 1.31. The van der Waals surface area contributed by atoms with Gasteiger partial charge in [0.15, 0.2) is 11.6 Å². The van der Waals surface area contributed by atoms with Gasteiger partial charge in [0.05, 0.1) is 18.3 Å². The van der Waals surface area contributed by atoms with Crippen LogP contribution >= 0.6 is 0 Å². The van der Waals surface area contributed by atoms with Gasteiger partial charge in [-0.05, 0) is 45.4 Å². The molecule has 11 nitrogen and oxygen atoms in total. The minimum Gasteiger partial charge on any atom is -0.491 e. The van der Waals surface area contributed by atoms with Crippen LogP contribution in [-0.2, 0) is 9.47 Å². The normalized spacial score (nSPS) is 22.3. The number of carbonyl (C=O) groups is 2. The molecule has 2 unspecified atom stereocenters. The summed E-state index contributed by atoms with van der Waals surface area (Å²) < 4.78 is 55.9. The number of amides is 3. The molecule has 0 saturated carbocycles. The third kappa shape index (κ3) is 5.86. The first kappa shape index (κ1) is 26.9. The Morgan fingerprint density at radius 1 is 1.28 bits per heavy atom. The second-order valence-electron chi connectivity index (χ2n) is 10.1. The first-order chi connectivity index (χ1) is 18.4. The molecule has 2 aromatic rings. The van der Waals surface area contributed by atoms with Gasteiger partial charge in [-0.2, -0.15) is 13.2 Å². The quantitative estimate of drug-likeness (QED) is 0.563.